The van der Waals surface area contributed by atoms with Gasteiger partial charge < -0.3 is 9.52 Å². The van der Waals surface area contributed by atoms with Gasteiger partial charge in [0.2, 0.25) is 0 Å². The number of fused-ring (bicyclic) bond motifs is 7. The Hall–Kier alpha value is -6.38. The number of furan rings is 1. The highest BCUT2D eigenvalue weighted by Gasteiger charge is 2.19. The van der Waals surface area contributed by atoms with E-state index in [1.54, 1.807) is 6.07 Å². The molecule has 0 aliphatic rings. The fraction of sp³-hybridized carbons (Fsp3) is 0. The van der Waals surface area contributed by atoms with Crippen LogP contribution >= 0.6 is 0 Å². The van der Waals surface area contributed by atoms with E-state index >= 15 is 0 Å². The first-order valence-corrected chi connectivity index (χ1v) is 16.3. The van der Waals surface area contributed by atoms with Crippen LogP contribution in [0.3, 0.4) is 0 Å². The van der Waals surface area contributed by atoms with Crippen molar-refractivity contribution >= 4 is 65.0 Å². The van der Waals surface area contributed by atoms with Crippen molar-refractivity contribution in [3.05, 3.63) is 164 Å². The Labute approximate surface area is 276 Å². The Balaban J connectivity index is 1.20. The van der Waals surface area contributed by atoms with Gasteiger partial charge in [0, 0.05) is 16.2 Å². The number of hydrogen-bond acceptors (Lipinski definition) is 2. The molecular weight excluding hydrogens is 585 g/mol. The molecule has 0 atom stereocenters. The molecule has 0 unspecified atom stereocenters. The smallest absolute Gasteiger partial charge is 0.135 e. The van der Waals surface area contributed by atoms with E-state index in [0.717, 1.165) is 43.8 Å². The molecule has 0 radical (unpaired) electrons. The van der Waals surface area contributed by atoms with Gasteiger partial charge in [0.05, 0.1) is 0 Å². The number of phenols is 1. The summed E-state index contributed by atoms with van der Waals surface area (Å²) in [6, 6.07) is 57.9. The summed E-state index contributed by atoms with van der Waals surface area (Å²) >= 11 is 0. The van der Waals surface area contributed by atoms with Crippen molar-refractivity contribution in [3.63, 3.8) is 0 Å². The predicted molar refractivity (Wildman–Crippen MR) is 202 cm³/mol. The van der Waals surface area contributed by atoms with Crippen LogP contribution in [0.1, 0.15) is 0 Å². The quantitative estimate of drug-likeness (QED) is 0.201. The van der Waals surface area contributed by atoms with E-state index in [1.165, 1.54) is 54.6 Å². The maximum absolute atomic E-state index is 10.3. The van der Waals surface area contributed by atoms with Crippen LogP contribution in [0, 0.1) is 0 Å². The van der Waals surface area contributed by atoms with Gasteiger partial charge in [-0.2, -0.15) is 0 Å². The fourth-order valence-electron chi connectivity index (χ4n) is 7.74. The average Bonchev–Trinajstić information content (AvgIpc) is 3.51. The monoisotopic (exact) mass is 612 g/mol. The lowest BCUT2D eigenvalue weighted by molar-refractivity contribution is 0.481. The van der Waals surface area contributed by atoms with E-state index in [2.05, 4.69) is 127 Å². The van der Waals surface area contributed by atoms with E-state index < -0.39 is 0 Å². The van der Waals surface area contributed by atoms with Crippen molar-refractivity contribution in [2.75, 3.05) is 0 Å². The fourth-order valence-corrected chi connectivity index (χ4v) is 7.74. The molecule has 10 aromatic rings. The minimum absolute atomic E-state index is 0.309. The molecule has 0 saturated carbocycles. The predicted octanol–water partition coefficient (Wildman–Crippen LogP) is 12.9. The molecule has 48 heavy (non-hydrogen) atoms. The van der Waals surface area contributed by atoms with Crippen molar-refractivity contribution < 1.29 is 9.52 Å². The number of rotatable bonds is 3. The summed E-state index contributed by atoms with van der Waals surface area (Å²) in [7, 11) is 0. The van der Waals surface area contributed by atoms with Crippen molar-refractivity contribution in [3.8, 4) is 39.1 Å². The molecule has 1 heterocycles. The molecule has 2 heteroatoms. The molecule has 0 fully saturated rings. The molecular formula is C46H28O2. The largest absolute Gasteiger partial charge is 0.507 e. The highest BCUT2D eigenvalue weighted by atomic mass is 16.3. The summed E-state index contributed by atoms with van der Waals surface area (Å²) in [5.74, 6) is 0.309. The number of hydrogen-bond donors (Lipinski definition) is 1. The molecule has 1 N–H and O–H groups in total. The second-order valence-corrected chi connectivity index (χ2v) is 12.6. The van der Waals surface area contributed by atoms with Crippen LogP contribution in [0.25, 0.3) is 98.4 Å². The van der Waals surface area contributed by atoms with E-state index in [1.807, 2.05) is 30.3 Å². The minimum Gasteiger partial charge on any atom is -0.507 e. The maximum atomic E-state index is 10.3. The van der Waals surface area contributed by atoms with Gasteiger partial charge in [0.1, 0.15) is 16.9 Å². The van der Waals surface area contributed by atoms with E-state index in [-0.39, 0.29) is 0 Å². The minimum atomic E-state index is 0.309. The molecule has 224 valence electrons. The van der Waals surface area contributed by atoms with Crippen LogP contribution in [0.4, 0.5) is 0 Å². The van der Waals surface area contributed by atoms with E-state index in [9.17, 15) is 5.11 Å². The number of aromatic hydroxyl groups is 1. The Morgan fingerprint density at radius 1 is 0.333 bits per heavy atom. The van der Waals surface area contributed by atoms with Gasteiger partial charge in [-0.25, -0.2) is 0 Å². The van der Waals surface area contributed by atoms with Crippen LogP contribution < -0.4 is 0 Å². The summed E-state index contributed by atoms with van der Waals surface area (Å²) in [6.07, 6.45) is 0. The summed E-state index contributed by atoms with van der Waals surface area (Å²) in [4.78, 5) is 0. The van der Waals surface area contributed by atoms with Gasteiger partial charge in [0.15, 0.2) is 0 Å². The summed E-state index contributed by atoms with van der Waals surface area (Å²) in [5.41, 5.74) is 8.98. The lowest BCUT2D eigenvalue weighted by Crippen LogP contribution is -1.91. The van der Waals surface area contributed by atoms with Crippen LogP contribution in [-0.2, 0) is 0 Å². The molecule has 10 rings (SSSR count). The van der Waals surface area contributed by atoms with E-state index in [4.69, 9.17) is 4.42 Å². The lowest BCUT2D eigenvalue weighted by atomic mass is 9.84. The van der Waals surface area contributed by atoms with Crippen LogP contribution in [-0.4, -0.2) is 5.11 Å². The zero-order valence-corrected chi connectivity index (χ0v) is 25.9. The number of benzene rings is 9. The van der Waals surface area contributed by atoms with Crippen LogP contribution in [0.15, 0.2) is 168 Å². The molecule has 1 aromatic heterocycles. The summed E-state index contributed by atoms with van der Waals surface area (Å²) in [5, 5.41) is 21.8. The normalized spacial score (nSPS) is 11.8. The molecule has 0 spiro atoms. The topological polar surface area (TPSA) is 33.4 Å². The molecule has 0 bridgehead atoms. The highest BCUT2D eigenvalue weighted by molar-refractivity contribution is 6.24. The SMILES string of the molecule is Oc1cccc2cc(-c3ccc4c(-c5c6ccccc6c(-c6ccc7oc8ccccc8c7c6)c6ccccc56)cccc4c3)ccc12. The zero-order chi connectivity index (χ0) is 31.8. The molecule has 9 aromatic carbocycles. The van der Waals surface area contributed by atoms with Crippen LogP contribution in [0.5, 0.6) is 5.75 Å². The van der Waals surface area contributed by atoms with Gasteiger partial charge in [-0.15, -0.1) is 0 Å². The Morgan fingerprint density at radius 3 is 1.58 bits per heavy atom. The summed E-state index contributed by atoms with van der Waals surface area (Å²) < 4.78 is 6.19. The second-order valence-electron chi connectivity index (χ2n) is 12.6. The van der Waals surface area contributed by atoms with Crippen molar-refractivity contribution in [1.29, 1.82) is 0 Å². The van der Waals surface area contributed by atoms with Gasteiger partial charge in [-0.1, -0.05) is 127 Å². The molecule has 2 nitrogen and oxygen atoms in total. The third-order valence-electron chi connectivity index (χ3n) is 9.94. The van der Waals surface area contributed by atoms with Crippen molar-refractivity contribution in [2.24, 2.45) is 0 Å². The standard InChI is InChI=1S/C46H28O2/c47-42-17-8-10-31-26-29(20-23-34(31)42)28-19-22-33-30(25-28)9-7-16-36(33)46-39-14-3-1-12-37(39)45(38-13-2-4-15-40(38)46)32-21-24-44-41(27-32)35-11-5-6-18-43(35)48-44/h1-27,47H. The van der Waals surface area contributed by atoms with Gasteiger partial charge in [-0.05, 0) is 107 Å². The zero-order valence-electron chi connectivity index (χ0n) is 25.9. The second kappa shape index (κ2) is 10.3. The first-order chi connectivity index (χ1) is 23.7. The van der Waals surface area contributed by atoms with Gasteiger partial charge >= 0.3 is 0 Å². The van der Waals surface area contributed by atoms with E-state index in [0.29, 0.717) is 5.75 Å². The number of para-hydroxylation sites is 1. The lowest BCUT2D eigenvalue weighted by Gasteiger charge is -2.19. The molecule has 0 saturated heterocycles. The first kappa shape index (κ1) is 26.8. The highest BCUT2D eigenvalue weighted by Crippen LogP contribution is 2.46. The Kier molecular flexibility index (Phi) is 5.76. The van der Waals surface area contributed by atoms with Crippen molar-refractivity contribution in [1.82, 2.24) is 0 Å². The average molecular weight is 613 g/mol. The third-order valence-corrected chi connectivity index (χ3v) is 9.94. The summed E-state index contributed by atoms with van der Waals surface area (Å²) in [6.45, 7) is 0. The van der Waals surface area contributed by atoms with Crippen LogP contribution in [0.2, 0.25) is 0 Å². The van der Waals surface area contributed by atoms with Gasteiger partial charge in [0.25, 0.3) is 0 Å². The first-order valence-electron chi connectivity index (χ1n) is 16.3. The molecule has 0 aliphatic heterocycles. The van der Waals surface area contributed by atoms with Gasteiger partial charge in [-0.3, -0.25) is 0 Å². The van der Waals surface area contributed by atoms with Crippen molar-refractivity contribution in [2.45, 2.75) is 0 Å². The number of phenolic OH excluding ortho intramolecular Hbond substituents is 1. The Morgan fingerprint density at radius 2 is 0.875 bits per heavy atom. The molecule has 0 aliphatic carbocycles. The maximum Gasteiger partial charge on any atom is 0.135 e. The third kappa shape index (κ3) is 4.00. The Bertz CT molecular complexity index is 2850. The molecule has 0 amide bonds.